The molecule has 1 saturated heterocycles. The molecular weight excluding hydrogens is 126 g/mol. The van der Waals surface area contributed by atoms with Gasteiger partial charge in [-0.2, -0.15) is 0 Å². The normalized spacial score (nSPS) is 35.1. The molecule has 1 heterocycles. The molecule has 0 unspecified atom stereocenters. The van der Waals surface area contributed by atoms with Gasteiger partial charge in [-0.1, -0.05) is 0 Å². The van der Waals surface area contributed by atoms with Crippen LogP contribution in [0.1, 0.15) is 20.3 Å². The second-order valence-electron chi connectivity index (χ2n) is 3.10. The Morgan fingerprint density at radius 2 is 2.30 bits per heavy atom. The van der Waals surface area contributed by atoms with E-state index in [2.05, 4.69) is 25.8 Å². The minimum Gasteiger partial charge on any atom is -0.377 e. The molecule has 2 heteroatoms. The third-order valence-electron chi connectivity index (χ3n) is 2.25. The SMILES string of the molecule is CCO[C@H]1C[C@@H](C)N(C)C1. The molecule has 1 fully saturated rings. The van der Waals surface area contributed by atoms with Crippen LogP contribution in [0.15, 0.2) is 0 Å². The molecule has 1 aliphatic heterocycles. The highest BCUT2D eigenvalue weighted by Crippen LogP contribution is 2.17. The largest absolute Gasteiger partial charge is 0.377 e. The van der Waals surface area contributed by atoms with E-state index in [0.717, 1.165) is 13.2 Å². The minimum absolute atomic E-state index is 0.491. The molecule has 60 valence electrons. The maximum Gasteiger partial charge on any atom is 0.0716 e. The van der Waals surface area contributed by atoms with Crippen molar-refractivity contribution in [2.75, 3.05) is 20.2 Å². The Labute approximate surface area is 63.2 Å². The lowest BCUT2D eigenvalue weighted by atomic mass is 10.2. The summed E-state index contributed by atoms with van der Waals surface area (Å²) in [4.78, 5) is 2.35. The molecular formula is C8H17NO. The van der Waals surface area contributed by atoms with Gasteiger partial charge in [0.05, 0.1) is 6.10 Å². The van der Waals surface area contributed by atoms with Crippen LogP contribution in [-0.2, 0) is 4.74 Å². The standard InChI is InChI=1S/C8H17NO/c1-4-10-8-5-7(2)9(3)6-8/h7-8H,4-6H2,1-3H3/t7-,8+/m1/s1. The van der Waals surface area contributed by atoms with E-state index in [-0.39, 0.29) is 0 Å². The van der Waals surface area contributed by atoms with Crippen LogP contribution < -0.4 is 0 Å². The van der Waals surface area contributed by atoms with Crippen molar-refractivity contribution in [3.8, 4) is 0 Å². The van der Waals surface area contributed by atoms with E-state index in [0.29, 0.717) is 12.1 Å². The molecule has 0 aromatic heterocycles. The highest BCUT2D eigenvalue weighted by molar-refractivity contribution is 4.80. The van der Waals surface area contributed by atoms with Crippen molar-refractivity contribution in [1.29, 1.82) is 0 Å². The number of hydrogen-bond acceptors (Lipinski definition) is 2. The Morgan fingerprint density at radius 1 is 1.60 bits per heavy atom. The van der Waals surface area contributed by atoms with Crippen molar-refractivity contribution in [1.82, 2.24) is 4.90 Å². The van der Waals surface area contributed by atoms with Gasteiger partial charge in [-0.05, 0) is 27.3 Å². The lowest BCUT2D eigenvalue weighted by molar-refractivity contribution is 0.0708. The van der Waals surface area contributed by atoms with E-state index >= 15 is 0 Å². The topological polar surface area (TPSA) is 12.5 Å². The number of hydrogen-bond donors (Lipinski definition) is 0. The number of likely N-dealkylation sites (N-methyl/N-ethyl adjacent to an activating group) is 1. The first-order valence-electron chi connectivity index (χ1n) is 4.06. The highest BCUT2D eigenvalue weighted by atomic mass is 16.5. The first-order chi connectivity index (χ1) is 4.74. The zero-order chi connectivity index (χ0) is 7.56. The Kier molecular flexibility index (Phi) is 2.69. The Bertz CT molecular complexity index is 95.4. The van der Waals surface area contributed by atoms with Crippen LogP contribution in [0.4, 0.5) is 0 Å². The van der Waals surface area contributed by atoms with Gasteiger partial charge in [0.2, 0.25) is 0 Å². The third-order valence-corrected chi connectivity index (χ3v) is 2.25. The number of nitrogens with zero attached hydrogens (tertiary/aromatic N) is 1. The average molecular weight is 143 g/mol. The van der Waals surface area contributed by atoms with Gasteiger partial charge < -0.3 is 9.64 Å². The van der Waals surface area contributed by atoms with Crippen LogP contribution in [0.5, 0.6) is 0 Å². The van der Waals surface area contributed by atoms with Crippen molar-refractivity contribution < 1.29 is 4.74 Å². The van der Waals surface area contributed by atoms with E-state index in [1.54, 1.807) is 0 Å². The first-order valence-corrected chi connectivity index (χ1v) is 4.06. The van der Waals surface area contributed by atoms with Gasteiger partial charge in [-0.25, -0.2) is 0 Å². The van der Waals surface area contributed by atoms with Crippen molar-refractivity contribution in [3.63, 3.8) is 0 Å². The summed E-state index contributed by atoms with van der Waals surface area (Å²) >= 11 is 0. The predicted octanol–water partition coefficient (Wildman–Crippen LogP) is 1.12. The van der Waals surface area contributed by atoms with E-state index in [9.17, 15) is 0 Å². The van der Waals surface area contributed by atoms with Crippen molar-refractivity contribution in [3.05, 3.63) is 0 Å². The molecule has 1 aliphatic rings. The van der Waals surface area contributed by atoms with Gasteiger partial charge in [-0.15, -0.1) is 0 Å². The lowest BCUT2D eigenvalue weighted by Crippen LogP contribution is -2.22. The molecule has 0 aromatic rings. The summed E-state index contributed by atoms with van der Waals surface area (Å²) in [5.74, 6) is 0. The zero-order valence-corrected chi connectivity index (χ0v) is 7.13. The minimum atomic E-state index is 0.491. The van der Waals surface area contributed by atoms with E-state index in [1.807, 2.05) is 0 Å². The van der Waals surface area contributed by atoms with Crippen molar-refractivity contribution >= 4 is 0 Å². The molecule has 0 aliphatic carbocycles. The average Bonchev–Trinajstić information content (AvgIpc) is 2.14. The molecule has 0 amide bonds. The van der Waals surface area contributed by atoms with Crippen molar-refractivity contribution in [2.24, 2.45) is 0 Å². The Balaban J connectivity index is 2.27. The van der Waals surface area contributed by atoms with Crippen LogP contribution in [0.25, 0.3) is 0 Å². The molecule has 2 atom stereocenters. The monoisotopic (exact) mass is 143 g/mol. The fraction of sp³-hybridized carbons (Fsp3) is 1.00. The summed E-state index contributed by atoms with van der Waals surface area (Å²) in [6.45, 7) is 6.27. The van der Waals surface area contributed by atoms with Gasteiger partial charge in [0.25, 0.3) is 0 Å². The summed E-state index contributed by atoms with van der Waals surface area (Å²) in [6.07, 6.45) is 1.69. The summed E-state index contributed by atoms with van der Waals surface area (Å²) in [7, 11) is 2.16. The molecule has 0 radical (unpaired) electrons. The van der Waals surface area contributed by atoms with Gasteiger partial charge in [0, 0.05) is 19.2 Å². The van der Waals surface area contributed by atoms with Gasteiger partial charge >= 0.3 is 0 Å². The van der Waals surface area contributed by atoms with E-state index < -0.39 is 0 Å². The molecule has 10 heavy (non-hydrogen) atoms. The van der Waals surface area contributed by atoms with Crippen LogP contribution in [0.2, 0.25) is 0 Å². The summed E-state index contributed by atoms with van der Waals surface area (Å²) < 4.78 is 5.50. The zero-order valence-electron chi connectivity index (χ0n) is 7.13. The summed E-state index contributed by atoms with van der Waals surface area (Å²) in [6, 6.07) is 0.705. The van der Waals surface area contributed by atoms with Gasteiger partial charge in [-0.3, -0.25) is 0 Å². The summed E-state index contributed by atoms with van der Waals surface area (Å²) in [5, 5.41) is 0. The van der Waals surface area contributed by atoms with Crippen molar-refractivity contribution in [2.45, 2.75) is 32.4 Å². The fourth-order valence-electron chi connectivity index (χ4n) is 1.49. The van der Waals surface area contributed by atoms with Gasteiger partial charge in [0.15, 0.2) is 0 Å². The molecule has 1 rings (SSSR count). The first kappa shape index (κ1) is 8.02. The van der Waals surface area contributed by atoms with E-state index in [4.69, 9.17) is 4.74 Å². The Morgan fingerprint density at radius 3 is 2.70 bits per heavy atom. The Hall–Kier alpha value is -0.0800. The fourth-order valence-corrected chi connectivity index (χ4v) is 1.49. The molecule has 2 nitrogen and oxygen atoms in total. The van der Waals surface area contributed by atoms with E-state index in [1.165, 1.54) is 6.42 Å². The third kappa shape index (κ3) is 1.70. The molecule has 0 aromatic carbocycles. The molecule has 0 spiro atoms. The number of likely N-dealkylation sites (tertiary alicyclic amines) is 1. The predicted molar refractivity (Wildman–Crippen MR) is 42.1 cm³/mol. The second-order valence-corrected chi connectivity index (χ2v) is 3.10. The lowest BCUT2D eigenvalue weighted by Gasteiger charge is -2.12. The molecule has 0 saturated carbocycles. The smallest absolute Gasteiger partial charge is 0.0716 e. The molecule has 0 N–H and O–H groups in total. The number of ether oxygens (including phenoxy) is 1. The van der Waals surface area contributed by atoms with Gasteiger partial charge in [0.1, 0.15) is 0 Å². The maximum atomic E-state index is 5.50. The van der Waals surface area contributed by atoms with Crippen LogP contribution in [0, 0.1) is 0 Å². The molecule has 0 bridgehead atoms. The van der Waals surface area contributed by atoms with Crippen LogP contribution >= 0.6 is 0 Å². The van der Waals surface area contributed by atoms with Crippen LogP contribution in [0.3, 0.4) is 0 Å². The second kappa shape index (κ2) is 3.35. The maximum absolute atomic E-state index is 5.50. The quantitative estimate of drug-likeness (QED) is 0.574. The van der Waals surface area contributed by atoms with Crippen LogP contribution in [-0.4, -0.2) is 37.2 Å². The number of rotatable bonds is 2. The highest BCUT2D eigenvalue weighted by Gasteiger charge is 2.25. The summed E-state index contributed by atoms with van der Waals surface area (Å²) in [5.41, 5.74) is 0.